The Hall–Kier alpha value is -3.27. The van der Waals surface area contributed by atoms with Crippen molar-refractivity contribution in [3.8, 4) is 22.9 Å². The molecule has 2 aromatic carbocycles. The third-order valence-corrected chi connectivity index (χ3v) is 5.33. The van der Waals surface area contributed by atoms with E-state index in [1.54, 1.807) is 18.2 Å². The zero-order valence-corrected chi connectivity index (χ0v) is 16.3. The molecule has 0 spiro atoms. The van der Waals surface area contributed by atoms with Crippen molar-refractivity contribution >= 4 is 17.7 Å². The van der Waals surface area contributed by atoms with Gasteiger partial charge in [0, 0.05) is 0 Å². The van der Waals surface area contributed by atoms with Crippen LogP contribution >= 0.6 is 11.8 Å². The molecule has 1 aliphatic rings. The molecule has 1 atom stereocenters. The van der Waals surface area contributed by atoms with Crippen LogP contribution in [-0.4, -0.2) is 33.3 Å². The summed E-state index contributed by atoms with van der Waals surface area (Å²) in [6, 6.07) is 11.5. The number of aromatic nitrogens is 3. The molecular formula is C19H18FN5O3S. The summed E-state index contributed by atoms with van der Waals surface area (Å²) in [5.41, 5.74) is 1.15. The molecule has 8 nitrogen and oxygen atoms in total. The van der Waals surface area contributed by atoms with Crippen molar-refractivity contribution in [1.29, 1.82) is 0 Å². The van der Waals surface area contributed by atoms with Crippen molar-refractivity contribution in [1.82, 2.24) is 20.2 Å². The number of fused-ring (bicyclic) bond motifs is 1. The number of thioether (sulfide) groups is 1. The number of hydrogen-bond donors (Lipinski definition) is 2. The molecule has 0 radical (unpaired) electrons. The minimum absolute atomic E-state index is 0.0848. The number of nitrogen functional groups attached to an aromatic ring is 1. The van der Waals surface area contributed by atoms with Gasteiger partial charge in [-0.2, -0.15) is 0 Å². The lowest BCUT2D eigenvalue weighted by Crippen LogP contribution is -2.28. The van der Waals surface area contributed by atoms with Crippen LogP contribution in [0.5, 0.6) is 11.5 Å². The topological polar surface area (TPSA) is 104 Å². The molecular weight excluding hydrogens is 397 g/mol. The molecule has 1 amide bonds. The maximum atomic E-state index is 13.9. The second kappa shape index (κ2) is 8.00. The SMILES string of the molecule is C[C@@H](NC(=O)CSc1nnc(-c2ccccc2F)n1N)c1ccc2c(c1)OCO2. The highest BCUT2D eigenvalue weighted by molar-refractivity contribution is 7.99. The van der Waals surface area contributed by atoms with Crippen LogP contribution in [0, 0.1) is 5.82 Å². The van der Waals surface area contributed by atoms with Crippen LogP contribution in [0.15, 0.2) is 47.6 Å². The number of nitrogens with two attached hydrogens (primary N) is 1. The number of nitrogens with zero attached hydrogens (tertiary/aromatic N) is 3. The van der Waals surface area contributed by atoms with E-state index in [0.717, 1.165) is 17.3 Å². The molecule has 0 unspecified atom stereocenters. The average molecular weight is 415 g/mol. The number of halogens is 1. The van der Waals surface area contributed by atoms with Crippen LogP contribution in [-0.2, 0) is 4.79 Å². The van der Waals surface area contributed by atoms with Gasteiger partial charge in [-0.1, -0.05) is 30.0 Å². The summed E-state index contributed by atoms with van der Waals surface area (Å²) in [6.07, 6.45) is 0. The van der Waals surface area contributed by atoms with Crippen LogP contribution in [0.2, 0.25) is 0 Å². The Morgan fingerprint density at radius 3 is 2.90 bits per heavy atom. The van der Waals surface area contributed by atoms with Crippen molar-refractivity contribution < 1.29 is 18.7 Å². The lowest BCUT2D eigenvalue weighted by Gasteiger charge is -2.14. The Balaban J connectivity index is 1.37. The monoisotopic (exact) mass is 415 g/mol. The lowest BCUT2D eigenvalue weighted by molar-refractivity contribution is -0.119. The summed E-state index contributed by atoms with van der Waals surface area (Å²) in [5.74, 6) is 6.97. The quantitative estimate of drug-likeness (QED) is 0.471. The molecule has 3 aromatic rings. The normalized spacial score (nSPS) is 13.3. The molecule has 1 aliphatic heterocycles. The predicted octanol–water partition coefficient (Wildman–Crippen LogP) is 2.50. The number of hydrogen-bond acceptors (Lipinski definition) is 7. The third-order valence-electron chi connectivity index (χ3n) is 4.39. The first-order valence-electron chi connectivity index (χ1n) is 8.80. The third kappa shape index (κ3) is 3.97. The molecule has 1 aromatic heterocycles. The summed E-state index contributed by atoms with van der Waals surface area (Å²) in [4.78, 5) is 12.3. The Labute approximate surface area is 170 Å². The summed E-state index contributed by atoms with van der Waals surface area (Å²) in [7, 11) is 0. The molecule has 0 saturated heterocycles. The smallest absolute Gasteiger partial charge is 0.231 e. The standard InChI is InChI=1S/C19H18FN5O3S/c1-11(12-6-7-15-16(8-12)28-10-27-15)22-17(26)9-29-19-24-23-18(25(19)21)13-4-2-3-5-14(13)20/h2-8,11H,9-10,21H2,1H3,(H,22,26)/t11-/m1/s1. The Bertz CT molecular complexity index is 1060. The van der Waals surface area contributed by atoms with Crippen LogP contribution in [0.25, 0.3) is 11.4 Å². The van der Waals surface area contributed by atoms with Crippen molar-refractivity contribution in [2.75, 3.05) is 18.4 Å². The Morgan fingerprint density at radius 1 is 1.28 bits per heavy atom. The van der Waals surface area contributed by atoms with Crippen LogP contribution < -0.4 is 20.6 Å². The van der Waals surface area contributed by atoms with E-state index in [4.69, 9.17) is 15.3 Å². The summed E-state index contributed by atoms with van der Waals surface area (Å²) >= 11 is 1.12. The summed E-state index contributed by atoms with van der Waals surface area (Å²) in [6.45, 7) is 2.08. The van der Waals surface area contributed by atoms with E-state index in [9.17, 15) is 9.18 Å². The van der Waals surface area contributed by atoms with Gasteiger partial charge in [0.15, 0.2) is 17.3 Å². The van der Waals surface area contributed by atoms with E-state index < -0.39 is 5.82 Å². The minimum Gasteiger partial charge on any atom is -0.454 e. The zero-order valence-electron chi connectivity index (χ0n) is 15.5. The van der Waals surface area contributed by atoms with Gasteiger partial charge >= 0.3 is 0 Å². The van der Waals surface area contributed by atoms with Gasteiger partial charge < -0.3 is 20.6 Å². The van der Waals surface area contributed by atoms with E-state index in [-0.39, 0.29) is 35.9 Å². The van der Waals surface area contributed by atoms with E-state index in [0.29, 0.717) is 16.7 Å². The highest BCUT2D eigenvalue weighted by atomic mass is 32.2. The van der Waals surface area contributed by atoms with Gasteiger partial charge in [-0.15, -0.1) is 10.2 Å². The van der Waals surface area contributed by atoms with Gasteiger partial charge in [-0.3, -0.25) is 4.79 Å². The molecule has 0 aliphatic carbocycles. The maximum absolute atomic E-state index is 13.9. The highest BCUT2D eigenvalue weighted by Gasteiger charge is 2.19. The van der Waals surface area contributed by atoms with E-state index in [1.807, 2.05) is 25.1 Å². The van der Waals surface area contributed by atoms with E-state index >= 15 is 0 Å². The van der Waals surface area contributed by atoms with Crippen molar-refractivity contribution in [3.05, 3.63) is 53.8 Å². The van der Waals surface area contributed by atoms with Gasteiger partial charge in [0.2, 0.25) is 17.9 Å². The Kier molecular flexibility index (Phi) is 5.26. The van der Waals surface area contributed by atoms with Crippen LogP contribution in [0.4, 0.5) is 4.39 Å². The minimum atomic E-state index is -0.446. The second-order valence-electron chi connectivity index (χ2n) is 6.35. The first-order valence-corrected chi connectivity index (χ1v) is 9.78. The summed E-state index contributed by atoms with van der Waals surface area (Å²) in [5, 5.41) is 11.1. The van der Waals surface area contributed by atoms with Crippen LogP contribution in [0.3, 0.4) is 0 Å². The molecule has 2 heterocycles. The molecule has 10 heteroatoms. The van der Waals surface area contributed by atoms with E-state index in [2.05, 4.69) is 15.5 Å². The number of amides is 1. The summed E-state index contributed by atoms with van der Waals surface area (Å²) < 4.78 is 25.8. The zero-order chi connectivity index (χ0) is 20.4. The van der Waals surface area contributed by atoms with Gasteiger partial charge in [-0.05, 0) is 36.8 Å². The fraction of sp³-hybridized carbons (Fsp3) is 0.211. The van der Waals surface area contributed by atoms with Crippen molar-refractivity contribution in [2.45, 2.75) is 18.1 Å². The second-order valence-corrected chi connectivity index (χ2v) is 7.29. The molecule has 4 rings (SSSR count). The largest absolute Gasteiger partial charge is 0.454 e. The molecule has 0 saturated carbocycles. The van der Waals surface area contributed by atoms with Crippen molar-refractivity contribution in [2.24, 2.45) is 0 Å². The fourth-order valence-electron chi connectivity index (χ4n) is 2.88. The van der Waals surface area contributed by atoms with Gasteiger partial charge in [-0.25, -0.2) is 9.07 Å². The molecule has 29 heavy (non-hydrogen) atoms. The number of nitrogens with one attached hydrogen (secondary N) is 1. The number of carbonyl (C=O) groups excluding carboxylic acids is 1. The molecule has 0 bridgehead atoms. The predicted molar refractivity (Wildman–Crippen MR) is 105 cm³/mol. The lowest BCUT2D eigenvalue weighted by atomic mass is 10.1. The van der Waals surface area contributed by atoms with Crippen molar-refractivity contribution in [3.63, 3.8) is 0 Å². The van der Waals surface area contributed by atoms with Gasteiger partial charge in [0.25, 0.3) is 0 Å². The van der Waals surface area contributed by atoms with E-state index in [1.165, 1.54) is 10.7 Å². The fourth-order valence-corrected chi connectivity index (χ4v) is 3.55. The first-order chi connectivity index (χ1) is 14.0. The number of carbonyl (C=O) groups is 1. The first kappa shape index (κ1) is 19.1. The van der Waals surface area contributed by atoms with Gasteiger partial charge in [0.1, 0.15) is 5.82 Å². The maximum Gasteiger partial charge on any atom is 0.231 e. The molecule has 150 valence electrons. The van der Waals surface area contributed by atoms with Gasteiger partial charge in [0.05, 0.1) is 17.4 Å². The molecule has 0 fully saturated rings. The number of benzene rings is 2. The number of rotatable bonds is 6. The number of ether oxygens (including phenoxy) is 2. The Morgan fingerprint density at radius 2 is 2.07 bits per heavy atom. The highest BCUT2D eigenvalue weighted by Crippen LogP contribution is 2.34. The molecule has 3 N–H and O–H groups in total. The average Bonchev–Trinajstić information content (AvgIpc) is 3.32. The van der Waals surface area contributed by atoms with Crippen LogP contribution in [0.1, 0.15) is 18.5 Å².